The van der Waals surface area contributed by atoms with Crippen molar-refractivity contribution in [1.82, 2.24) is 25.1 Å². The van der Waals surface area contributed by atoms with Crippen molar-refractivity contribution >= 4 is 22.8 Å². The fraction of sp³-hybridized carbons (Fsp3) is 0.375. The van der Waals surface area contributed by atoms with Crippen LogP contribution in [0.1, 0.15) is 17.9 Å². The summed E-state index contributed by atoms with van der Waals surface area (Å²) >= 11 is 0. The van der Waals surface area contributed by atoms with E-state index >= 15 is 0 Å². The van der Waals surface area contributed by atoms with Crippen LogP contribution >= 0.6 is 0 Å². The van der Waals surface area contributed by atoms with Crippen molar-refractivity contribution in [2.24, 2.45) is 5.92 Å². The highest BCUT2D eigenvalue weighted by Gasteiger charge is 2.45. The lowest BCUT2D eigenvalue weighted by Crippen LogP contribution is -2.52. The van der Waals surface area contributed by atoms with Gasteiger partial charge < -0.3 is 24.8 Å². The van der Waals surface area contributed by atoms with Crippen LogP contribution in [0.4, 0.5) is 8.78 Å². The topological polar surface area (TPSA) is 88.5 Å². The number of amides is 2. The van der Waals surface area contributed by atoms with Crippen LogP contribution in [0.15, 0.2) is 36.7 Å². The highest BCUT2D eigenvalue weighted by molar-refractivity contribution is 5.87. The zero-order chi connectivity index (χ0) is 24.0. The fourth-order valence-corrected chi connectivity index (χ4v) is 5.08. The van der Waals surface area contributed by atoms with Crippen molar-refractivity contribution in [3.8, 4) is 11.5 Å². The maximum atomic E-state index is 14.6. The maximum absolute atomic E-state index is 14.6. The average molecular weight is 469 g/mol. The number of nitrogens with one attached hydrogen (secondary N) is 2. The van der Waals surface area contributed by atoms with Gasteiger partial charge in [0.2, 0.25) is 11.8 Å². The second-order valence-electron chi connectivity index (χ2n) is 8.78. The lowest BCUT2D eigenvalue weighted by molar-refractivity contribution is -0.136. The Hall–Kier alpha value is -3.53. The molecule has 0 radical (unpaired) electrons. The summed E-state index contributed by atoms with van der Waals surface area (Å²) in [7, 11) is 3.31. The van der Waals surface area contributed by atoms with Gasteiger partial charge in [-0.05, 0) is 37.1 Å². The molecule has 10 heteroatoms. The number of aromatic nitrogens is 2. The van der Waals surface area contributed by atoms with Crippen molar-refractivity contribution in [2.75, 3.05) is 27.2 Å². The lowest BCUT2D eigenvalue weighted by atomic mass is 9.77. The second-order valence-corrected chi connectivity index (χ2v) is 8.78. The molecule has 0 spiro atoms. The molecule has 2 amide bonds. The largest absolute Gasteiger partial charge is 0.452 e. The molecule has 5 rings (SSSR count). The van der Waals surface area contributed by atoms with E-state index in [1.54, 1.807) is 23.6 Å². The number of nitrogens with zero attached hydrogens (tertiary/aromatic N) is 3. The number of likely N-dealkylation sites (N-methyl/N-ethyl adjacent to an activating group) is 2. The van der Waals surface area contributed by atoms with Gasteiger partial charge in [-0.25, -0.2) is 13.8 Å². The van der Waals surface area contributed by atoms with Gasteiger partial charge in [-0.15, -0.1) is 0 Å². The van der Waals surface area contributed by atoms with Gasteiger partial charge >= 0.3 is 0 Å². The van der Waals surface area contributed by atoms with Crippen LogP contribution in [0.5, 0.6) is 11.5 Å². The molecule has 2 fully saturated rings. The van der Waals surface area contributed by atoms with E-state index in [1.807, 2.05) is 12.1 Å². The van der Waals surface area contributed by atoms with E-state index in [0.717, 1.165) is 30.7 Å². The zero-order valence-electron chi connectivity index (χ0n) is 18.8. The number of hydrogen-bond donors (Lipinski definition) is 2. The SMILES string of the molecule is CNC(=O)Cn1cnc2ccc(C3CN(C)C(=O)C4NCCC43)c(Oc3ccc(F)cc3F)c21. The summed E-state index contributed by atoms with van der Waals surface area (Å²) in [5.74, 6) is -1.56. The summed E-state index contributed by atoms with van der Waals surface area (Å²) in [4.78, 5) is 30.9. The number of imidazole rings is 1. The van der Waals surface area contributed by atoms with Crippen LogP contribution in [0.2, 0.25) is 0 Å². The molecular formula is C24H25F2N5O3. The van der Waals surface area contributed by atoms with Crippen molar-refractivity contribution in [2.45, 2.75) is 24.9 Å². The third-order valence-electron chi connectivity index (χ3n) is 6.76. The number of likely N-dealkylation sites (tertiary alicyclic amines) is 1. The number of carbonyl (C=O) groups is 2. The quantitative estimate of drug-likeness (QED) is 0.599. The molecular weight excluding hydrogens is 444 g/mol. The van der Waals surface area contributed by atoms with Gasteiger partial charge in [-0.3, -0.25) is 9.59 Å². The Morgan fingerprint density at radius 3 is 2.88 bits per heavy atom. The summed E-state index contributed by atoms with van der Waals surface area (Å²) in [6.07, 6.45) is 2.35. The Morgan fingerprint density at radius 2 is 2.12 bits per heavy atom. The molecule has 2 saturated heterocycles. The molecule has 178 valence electrons. The van der Waals surface area contributed by atoms with Crippen LogP contribution in [0.3, 0.4) is 0 Å². The standard InChI is InChI=1S/C24H25F2N5O3/c1-27-20(32)11-31-12-29-18-5-4-15(16-10-30(2)24(33)21-14(16)7-8-28-21)23(22(18)31)34-19-6-3-13(25)9-17(19)26/h3-6,9,12,14,16,21,28H,7-8,10-11H2,1-2H3,(H,27,32). The molecule has 2 N–H and O–H groups in total. The Bertz CT molecular complexity index is 1280. The van der Waals surface area contributed by atoms with Gasteiger partial charge in [0, 0.05) is 38.2 Å². The predicted molar refractivity (Wildman–Crippen MR) is 121 cm³/mol. The van der Waals surface area contributed by atoms with Gasteiger partial charge in [-0.1, -0.05) is 6.07 Å². The van der Waals surface area contributed by atoms with Crippen molar-refractivity contribution in [3.05, 3.63) is 53.9 Å². The zero-order valence-corrected chi connectivity index (χ0v) is 18.8. The first kappa shape index (κ1) is 22.3. The molecule has 34 heavy (non-hydrogen) atoms. The third kappa shape index (κ3) is 3.77. The molecule has 2 aromatic carbocycles. The molecule has 3 atom stereocenters. The number of ether oxygens (including phenoxy) is 1. The van der Waals surface area contributed by atoms with Crippen LogP contribution in [0, 0.1) is 17.6 Å². The summed E-state index contributed by atoms with van der Waals surface area (Å²) in [6, 6.07) is 6.56. The molecule has 3 heterocycles. The summed E-state index contributed by atoms with van der Waals surface area (Å²) in [6.45, 7) is 1.19. The predicted octanol–water partition coefficient (Wildman–Crippen LogP) is 2.39. The van der Waals surface area contributed by atoms with E-state index in [9.17, 15) is 18.4 Å². The van der Waals surface area contributed by atoms with E-state index in [1.165, 1.54) is 12.4 Å². The smallest absolute Gasteiger partial charge is 0.239 e. The summed E-state index contributed by atoms with van der Waals surface area (Å²) in [5.41, 5.74) is 1.89. The van der Waals surface area contributed by atoms with Crippen molar-refractivity contribution in [3.63, 3.8) is 0 Å². The van der Waals surface area contributed by atoms with Gasteiger partial charge in [-0.2, -0.15) is 0 Å². The summed E-state index contributed by atoms with van der Waals surface area (Å²) < 4.78 is 35.9. The van der Waals surface area contributed by atoms with Gasteiger partial charge in [0.1, 0.15) is 17.9 Å². The van der Waals surface area contributed by atoms with Crippen LogP contribution < -0.4 is 15.4 Å². The van der Waals surface area contributed by atoms with Gasteiger partial charge in [0.15, 0.2) is 17.3 Å². The first-order valence-electron chi connectivity index (χ1n) is 11.2. The van der Waals surface area contributed by atoms with E-state index in [2.05, 4.69) is 15.6 Å². The van der Waals surface area contributed by atoms with Crippen LogP contribution in [0.25, 0.3) is 11.0 Å². The van der Waals surface area contributed by atoms with Gasteiger partial charge in [0.05, 0.1) is 17.9 Å². The lowest BCUT2D eigenvalue weighted by Gasteiger charge is -2.39. The normalized spacial score (nSPS) is 22.2. The number of piperidine rings is 1. The first-order chi connectivity index (χ1) is 16.4. The summed E-state index contributed by atoms with van der Waals surface area (Å²) in [5, 5.41) is 5.88. The minimum atomic E-state index is -0.836. The molecule has 8 nitrogen and oxygen atoms in total. The Kier molecular flexibility index (Phi) is 5.68. The van der Waals surface area contributed by atoms with E-state index in [-0.39, 0.29) is 42.0 Å². The Balaban J connectivity index is 1.68. The number of carbonyl (C=O) groups excluding carboxylic acids is 2. The maximum Gasteiger partial charge on any atom is 0.239 e. The van der Waals surface area contributed by atoms with E-state index in [0.29, 0.717) is 23.3 Å². The molecule has 0 aliphatic carbocycles. The van der Waals surface area contributed by atoms with Crippen LogP contribution in [-0.4, -0.2) is 59.5 Å². The number of benzene rings is 2. The van der Waals surface area contributed by atoms with E-state index in [4.69, 9.17) is 4.74 Å². The number of fused-ring (bicyclic) bond motifs is 2. The first-order valence-corrected chi connectivity index (χ1v) is 11.2. The molecule has 3 aromatic rings. The molecule has 3 unspecified atom stereocenters. The molecule has 2 aliphatic heterocycles. The molecule has 0 bridgehead atoms. The van der Waals surface area contributed by atoms with Crippen molar-refractivity contribution in [1.29, 1.82) is 0 Å². The second kappa shape index (κ2) is 8.68. The Morgan fingerprint density at radius 1 is 1.29 bits per heavy atom. The van der Waals surface area contributed by atoms with Gasteiger partial charge in [0.25, 0.3) is 0 Å². The monoisotopic (exact) mass is 469 g/mol. The molecule has 1 aromatic heterocycles. The third-order valence-corrected chi connectivity index (χ3v) is 6.76. The highest BCUT2D eigenvalue weighted by atomic mass is 19.1. The minimum absolute atomic E-state index is 0.00459. The molecule has 0 saturated carbocycles. The number of hydrogen-bond acceptors (Lipinski definition) is 5. The van der Waals surface area contributed by atoms with E-state index < -0.39 is 11.6 Å². The minimum Gasteiger partial charge on any atom is -0.452 e. The molecule has 2 aliphatic rings. The number of rotatable bonds is 5. The van der Waals surface area contributed by atoms with Crippen molar-refractivity contribution < 1.29 is 23.1 Å². The fourth-order valence-electron chi connectivity index (χ4n) is 5.08. The average Bonchev–Trinajstić information content (AvgIpc) is 3.46. The van der Waals surface area contributed by atoms with Crippen LogP contribution in [-0.2, 0) is 16.1 Å². The Labute approximate surface area is 194 Å². The highest BCUT2D eigenvalue weighted by Crippen LogP contribution is 2.45. The number of halogens is 2.